The van der Waals surface area contributed by atoms with Crippen LogP contribution in [0.3, 0.4) is 0 Å². The predicted molar refractivity (Wildman–Crippen MR) is 111 cm³/mol. The minimum Gasteiger partial charge on any atom is -0.497 e. The molecule has 0 saturated carbocycles. The Morgan fingerprint density at radius 2 is 1.97 bits per heavy atom. The van der Waals surface area contributed by atoms with Gasteiger partial charge in [-0.25, -0.2) is 13.6 Å². The number of fused-ring (bicyclic) bond motifs is 1. The van der Waals surface area contributed by atoms with E-state index in [2.05, 4.69) is 4.98 Å². The summed E-state index contributed by atoms with van der Waals surface area (Å²) >= 11 is -2.52. The molecule has 2 aromatic carbocycles. The standard InChI is InChI=1S/C20H20FN3O5S/c1-20(19(22)26,30(27)28)9-10-24-11-23-17-15(18(24)25)8-7-14(16(17)21)12-3-5-13(29-2)6-4-12/h3-8,11H,9-10H2,1-2H3,(H2,22,26)(H,27,28). The van der Waals surface area contributed by atoms with Crippen LogP contribution in [0.1, 0.15) is 13.3 Å². The lowest BCUT2D eigenvalue weighted by Crippen LogP contribution is -2.46. The van der Waals surface area contributed by atoms with Gasteiger partial charge < -0.3 is 15.0 Å². The van der Waals surface area contributed by atoms with E-state index in [9.17, 15) is 18.4 Å². The van der Waals surface area contributed by atoms with E-state index in [1.807, 2.05) is 0 Å². The molecule has 0 aliphatic carbocycles. The Hall–Kier alpha value is -3.11. The predicted octanol–water partition coefficient (Wildman–Crippen LogP) is 2.07. The molecule has 3 N–H and O–H groups in total. The number of amides is 1. The van der Waals surface area contributed by atoms with Crippen LogP contribution in [0.4, 0.5) is 4.39 Å². The first-order valence-electron chi connectivity index (χ1n) is 8.92. The minimum atomic E-state index is -2.52. The van der Waals surface area contributed by atoms with Crippen LogP contribution in [0.2, 0.25) is 0 Å². The average Bonchev–Trinajstić information content (AvgIpc) is 2.73. The Bertz CT molecular complexity index is 1180. The molecular weight excluding hydrogens is 413 g/mol. The number of nitrogens with two attached hydrogens (primary N) is 1. The number of aryl methyl sites for hydroxylation is 1. The third kappa shape index (κ3) is 3.83. The first kappa shape index (κ1) is 21.6. The van der Waals surface area contributed by atoms with Gasteiger partial charge in [-0.2, -0.15) is 0 Å². The number of methoxy groups -OCH3 is 1. The van der Waals surface area contributed by atoms with E-state index in [4.69, 9.17) is 10.5 Å². The summed E-state index contributed by atoms with van der Waals surface area (Å²) in [6.45, 7) is 1.15. The van der Waals surface area contributed by atoms with Crippen LogP contribution in [-0.4, -0.2) is 36.1 Å². The number of ether oxygens (including phenoxy) is 1. The number of halogens is 1. The van der Waals surface area contributed by atoms with Crippen LogP contribution in [0, 0.1) is 5.82 Å². The Morgan fingerprint density at radius 1 is 1.30 bits per heavy atom. The highest BCUT2D eigenvalue weighted by Gasteiger charge is 2.37. The smallest absolute Gasteiger partial charge is 0.261 e. The Labute approximate surface area is 173 Å². The number of carbonyl (C=O) groups is 1. The molecule has 158 valence electrons. The topological polar surface area (TPSA) is 125 Å². The fourth-order valence-electron chi connectivity index (χ4n) is 2.98. The van der Waals surface area contributed by atoms with E-state index in [0.717, 1.165) is 10.9 Å². The van der Waals surface area contributed by atoms with E-state index in [0.29, 0.717) is 11.3 Å². The Morgan fingerprint density at radius 3 is 2.53 bits per heavy atom. The van der Waals surface area contributed by atoms with Gasteiger partial charge in [0.25, 0.3) is 5.56 Å². The summed E-state index contributed by atoms with van der Waals surface area (Å²) in [4.78, 5) is 28.4. The van der Waals surface area contributed by atoms with Gasteiger partial charge in [0.15, 0.2) is 16.9 Å². The lowest BCUT2D eigenvalue weighted by Gasteiger charge is -2.21. The van der Waals surface area contributed by atoms with Crippen molar-refractivity contribution in [1.29, 1.82) is 0 Å². The number of primary amides is 1. The van der Waals surface area contributed by atoms with Gasteiger partial charge >= 0.3 is 0 Å². The molecule has 0 spiro atoms. The van der Waals surface area contributed by atoms with Gasteiger partial charge in [0.1, 0.15) is 16.0 Å². The molecule has 3 rings (SSSR count). The third-order valence-corrected chi connectivity index (χ3v) is 6.25. The molecule has 0 bridgehead atoms. The lowest BCUT2D eigenvalue weighted by atomic mass is 10.0. The molecule has 2 unspecified atom stereocenters. The number of hydrogen-bond acceptors (Lipinski definition) is 5. The van der Waals surface area contributed by atoms with Crippen molar-refractivity contribution < 1.29 is 22.7 Å². The normalized spacial score (nSPS) is 14.3. The monoisotopic (exact) mass is 433 g/mol. The molecule has 3 aromatic rings. The maximum absolute atomic E-state index is 15.1. The second-order valence-corrected chi connectivity index (χ2v) is 8.29. The quantitative estimate of drug-likeness (QED) is 0.550. The molecule has 0 aliphatic heterocycles. The van der Waals surface area contributed by atoms with Gasteiger partial charge in [-0.3, -0.25) is 14.2 Å². The van der Waals surface area contributed by atoms with Crippen molar-refractivity contribution in [3.05, 3.63) is 58.9 Å². The summed E-state index contributed by atoms with van der Waals surface area (Å²) in [6.07, 6.45) is 0.984. The van der Waals surface area contributed by atoms with Crippen LogP contribution >= 0.6 is 0 Å². The van der Waals surface area contributed by atoms with E-state index < -0.39 is 33.1 Å². The van der Waals surface area contributed by atoms with Crippen molar-refractivity contribution in [2.24, 2.45) is 5.73 Å². The maximum Gasteiger partial charge on any atom is 0.261 e. The van der Waals surface area contributed by atoms with Crippen LogP contribution in [0.15, 0.2) is 47.5 Å². The van der Waals surface area contributed by atoms with Crippen molar-refractivity contribution in [2.45, 2.75) is 24.6 Å². The molecule has 1 heterocycles. The number of nitrogens with zero attached hydrogens (tertiary/aromatic N) is 2. The Balaban J connectivity index is 1.98. The number of benzene rings is 2. The van der Waals surface area contributed by atoms with Gasteiger partial charge in [0, 0.05) is 12.1 Å². The van der Waals surface area contributed by atoms with Crippen molar-refractivity contribution in [2.75, 3.05) is 7.11 Å². The zero-order chi connectivity index (χ0) is 22.1. The van der Waals surface area contributed by atoms with E-state index in [1.54, 1.807) is 24.3 Å². The largest absolute Gasteiger partial charge is 0.497 e. The van der Waals surface area contributed by atoms with Crippen LogP contribution in [0.25, 0.3) is 22.0 Å². The zero-order valence-electron chi connectivity index (χ0n) is 16.3. The van der Waals surface area contributed by atoms with Gasteiger partial charge in [0.05, 0.1) is 18.8 Å². The molecule has 0 radical (unpaired) electrons. The van der Waals surface area contributed by atoms with Crippen molar-refractivity contribution >= 4 is 27.9 Å². The van der Waals surface area contributed by atoms with Gasteiger partial charge in [-0.05, 0) is 37.1 Å². The van der Waals surface area contributed by atoms with Crippen LogP contribution in [0.5, 0.6) is 5.75 Å². The molecule has 2 atom stereocenters. The third-order valence-electron chi connectivity index (χ3n) is 5.07. The first-order chi connectivity index (χ1) is 14.2. The van der Waals surface area contributed by atoms with Gasteiger partial charge in [-0.1, -0.05) is 18.2 Å². The molecule has 10 heteroatoms. The summed E-state index contributed by atoms with van der Waals surface area (Å²) in [7, 11) is 1.53. The summed E-state index contributed by atoms with van der Waals surface area (Å²) in [5, 5.41) is 0.0539. The zero-order valence-corrected chi connectivity index (χ0v) is 17.1. The molecule has 0 aliphatic rings. The summed E-state index contributed by atoms with van der Waals surface area (Å²) in [6, 6.07) is 9.76. The SMILES string of the molecule is COc1ccc(-c2ccc3c(=O)n(CCC(C)(C(N)=O)S(=O)O)cnc3c2F)cc1. The molecule has 0 saturated heterocycles. The van der Waals surface area contributed by atoms with E-state index >= 15 is 4.39 Å². The highest BCUT2D eigenvalue weighted by Crippen LogP contribution is 2.28. The minimum absolute atomic E-state index is 0.0539. The number of carbonyl (C=O) groups excluding carboxylic acids is 1. The Kier molecular flexibility index (Phi) is 5.99. The molecular formula is C20H20FN3O5S. The average molecular weight is 433 g/mol. The van der Waals surface area contributed by atoms with E-state index in [-0.39, 0.29) is 29.4 Å². The van der Waals surface area contributed by atoms with Crippen molar-refractivity contribution in [3.63, 3.8) is 0 Å². The first-order valence-corrected chi connectivity index (χ1v) is 10.0. The maximum atomic E-state index is 15.1. The fraction of sp³-hybridized carbons (Fsp3) is 0.250. The number of rotatable bonds is 7. The van der Waals surface area contributed by atoms with Crippen molar-refractivity contribution in [3.8, 4) is 16.9 Å². The molecule has 8 nitrogen and oxygen atoms in total. The molecule has 0 fully saturated rings. The van der Waals surface area contributed by atoms with Gasteiger partial charge in [0.2, 0.25) is 5.91 Å². The highest BCUT2D eigenvalue weighted by molar-refractivity contribution is 7.81. The second kappa shape index (κ2) is 8.33. The lowest BCUT2D eigenvalue weighted by molar-refractivity contribution is -0.120. The summed E-state index contributed by atoms with van der Waals surface area (Å²) in [5.41, 5.74) is 5.49. The summed E-state index contributed by atoms with van der Waals surface area (Å²) in [5.74, 6) is -0.964. The molecule has 1 aromatic heterocycles. The highest BCUT2D eigenvalue weighted by atomic mass is 32.2. The second-order valence-electron chi connectivity index (χ2n) is 6.89. The van der Waals surface area contributed by atoms with Gasteiger partial charge in [-0.15, -0.1) is 0 Å². The number of aromatic nitrogens is 2. The van der Waals surface area contributed by atoms with Crippen LogP contribution in [-0.2, 0) is 22.4 Å². The molecule has 1 amide bonds. The number of hydrogen-bond donors (Lipinski definition) is 2. The van der Waals surface area contributed by atoms with Crippen LogP contribution < -0.4 is 16.0 Å². The van der Waals surface area contributed by atoms with E-state index in [1.165, 1.54) is 26.2 Å². The van der Waals surface area contributed by atoms with Crippen molar-refractivity contribution in [1.82, 2.24) is 9.55 Å². The molecule has 30 heavy (non-hydrogen) atoms. The fourth-order valence-corrected chi connectivity index (χ4v) is 3.42. The summed E-state index contributed by atoms with van der Waals surface area (Å²) < 4.78 is 40.5.